The van der Waals surface area contributed by atoms with Crippen molar-refractivity contribution in [2.24, 2.45) is 0 Å². The number of nitrogen functional groups attached to an aromatic ring is 1. The van der Waals surface area contributed by atoms with Gasteiger partial charge in [-0.15, -0.1) is 0 Å². The number of amides is 2. The highest BCUT2D eigenvalue weighted by atomic mass is 32.1. The van der Waals surface area contributed by atoms with Crippen molar-refractivity contribution in [1.82, 2.24) is 10.3 Å². The maximum atomic E-state index is 14.0. The molecule has 0 atom stereocenters. The molecule has 0 aliphatic carbocycles. The van der Waals surface area contributed by atoms with Gasteiger partial charge in [-0.05, 0) is 25.0 Å². The fourth-order valence-corrected chi connectivity index (χ4v) is 2.48. The Kier molecular flexibility index (Phi) is 5.75. The van der Waals surface area contributed by atoms with E-state index in [2.05, 4.69) is 15.6 Å². The SMILES string of the molecule is CCC(CC)NC(=O)Nc1ccc(Oc2cnc(N)s2)c(F)c1. The second-order valence-corrected chi connectivity index (χ2v) is 5.90. The molecule has 0 saturated carbocycles. The average molecular weight is 338 g/mol. The number of nitrogens with two attached hydrogens (primary N) is 1. The number of urea groups is 1. The molecule has 0 fully saturated rings. The molecule has 0 aliphatic heterocycles. The Balaban J connectivity index is 2.00. The van der Waals surface area contributed by atoms with E-state index < -0.39 is 5.82 Å². The molecule has 6 nitrogen and oxygen atoms in total. The van der Waals surface area contributed by atoms with E-state index in [1.54, 1.807) is 6.07 Å². The summed E-state index contributed by atoms with van der Waals surface area (Å²) in [6.07, 6.45) is 3.10. The molecule has 2 rings (SSSR count). The summed E-state index contributed by atoms with van der Waals surface area (Å²) in [4.78, 5) is 15.7. The van der Waals surface area contributed by atoms with Gasteiger partial charge < -0.3 is 21.1 Å². The smallest absolute Gasteiger partial charge is 0.319 e. The van der Waals surface area contributed by atoms with Crippen LogP contribution in [0.25, 0.3) is 0 Å². The van der Waals surface area contributed by atoms with Crippen molar-refractivity contribution in [3.63, 3.8) is 0 Å². The summed E-state index contributed by atoms with van der Waals surface area (Å²) in [7, 11) is 0. The molecule has 0 aliphatic rings. The Morgan fingerprint density at radius 3 is 2.74 bits per heavy atom. The summed E-state index contributed by atoms with van der Waals surface area (Å²) in [6.45, 7) is 3.98. The summed E-state index contributed by atoms with van der Waals surface area (Å²) >= 11 is 1.12. The lowest BCUT2D eigenvalue weighted by atomic mass is 10.2. The van der Waals surface area contributed by atoms with E-state index in [1.807, 2.05) is 13.8 Å². The number of carbonyl (C=O) groups excluding carboxylic acids is 1. The van der Waals surface area contributed by atoms with E-state index in [9.17, 15) is 9.18 Å². The van der Waals surface area contributed by atoms with Gasteiger partial charge in [0.2, 0.25) is 5.06 Å². The van der Waals surface area contributed by atoms with Crippen LogP contribution in [0.5, 0.6) is 10.8 Å². The number of halogens is 1. The van der Waals surface area contributed by atoms with Crippen LogP contribution in [0.3, 0.4) is 0 Å². The molecule has 4 N–H and O–H groups in total. The lowest BCUT2D eigenvalue weighted by Gasteiger charge is -2.15. The maximum absolute atomic E-state index is 14.0. The Bertz CT molecular complexity index is 673. The van der Waals surface area contributed by atoms with E-state index in [0.717, 1.165) is 24.2 Å². The molecule has 1 aromatic heterocycles. The molecule has 0 radical (unpaired) electrons. The van der Waals surface area contributed by atoms with Crippen LogP contribution in [0.1, 0.15) is 26.7 Å². The van der Waals surface area contributed by atoms with Crippen LogP contribution in [0.4, 0.5) is 20.0 Å². The second kappa shape index (κ2) is 7.77. The minimum Gasteiger partial charge on any atom is -0.442 e. The fourth-order valence-electron chi connectivity index (χ4n) is 1.93. The Morgan fingerprint density at radius 2 is 2.17 bits per heavy atom. The quantitative estimate of drug-likeness (QED) is 0.743. The topological polar surface area (TPSA) is 89.3 Å². The van der Waals surface area contributed by atoms with Gasteiger partial charge in [0.15, 0.2) is 16.7 Å². The number of ether oxygens (including phenoxy) is 1. The summed E-state index contributed by atoms with van der Waals surface area (Å²) in [6, 6.07) is 3.95. The molecular weight excluding hydrogens is 319 g/mol. The molecule has 0 spiro atoms. The van der Waals surface area contributed by atoms with Crippen molar-refractivity contribution in [1.29, 1.82) is 0 Å². The van der Waals surface area contributed by atoms with Gasteiger partial charge in [0.25, 0.3) is 0 Å². The zero-order chi connectivity index (χ0) is 16.8. The number of thiazole rings is 1. The van der Waals surface area contributed by atoms with Gasteiger partial charge in [-0.1, -0.05) is 25.2 Å². The number of nitrogens with one attached hydrogen (secondary N) is 2. The van der Waals surface area contributed by atoms with Crippen LogP contribution in [-0.2, 0) is 0 Å². The average Bonchev–Trinajstić information content (AvgIpc) is 2.93. The number of hydrogen-bond acceptors (Lipinski definition) is 5. The third-order valence-corrected chi connectivity index (χ3v) is 3.93. The van der Waals surface area contributed by atoms with Crippen molar-refractivity contribution >= 4 is 28.2 Å². The number of aromatic nitrogens is 1. The van der Waals surface area contributed by atoms with E-state index in [1.165, 1.54) is 18.3 Å². The molecule has 2 amide bonds. The Labute approximate surface area is 137 Å². The van der Waals surface area contributed by atoms with Crippen molar-refractivity contribution in [3.8, 4) is 10.8 Å². The minimum atomic E-state index is -0.586. The maximum Gasteiger partial charge on any atom is 0.319 e. The number of nitrogens with zero attached hydrogens (tertiary/aromatic N) is 1. The zero-order valence-electron chi connectivity index (χ0n) is 12.9. The van der Waals surface area contributed by atoms with Gasteiger partial charge in [-0.25, -0.2) is 14.2 Å². The standard InChI is InChI=1S/C15H19FN4O2S/c1-3-9(4-2)19-15(21)20-10-5-6-12(11(16)7-10)22-13-8-18-14(17)23-13/h5-9H,3-4H2,1-2H3,(H2,17,18)(H2,19,20,21). The lowest BCUT2D eigenvalue weighted by molar-refractivity contribution is 0.247. The number of anilines is 2. The van der Waals surface area contributed by atoms with Crippen LogP contribution < -0.4 is 21.1 Å². The molecule has 124 valence electrons. The highest BCUT2D eigenvalue weighted by Crippen LogP contribution is 2.31. The first-order valence-electron chi connectivity index (χ1n) is 7.28. The Morgan fingerprint density at radius 1 is 1.43 bits per heavy atom. The molecule has 1 aromatic carbocycles. The lowest BCUT2D eigenvalue weighted by Crippen LogP contribution is -2.37. The van der Waals surface area contributed by atoms with Crippen LogP contribution in [0.2, 0.25) is 0 Å². The van der Waals surface area contributed by atoms with E-state index in [4.69, 9.17) is 10.5 Å². The third kappa shape index (κ3) is 4.82. The molecular formula is C15H19FN4O2S. The molecule has 0 unspecified atom stereocenters. The van der Waals surface area contributed by atoms with Crippen molar-refractivity contribution in [2.75, 3.05) is 11.1 Å². The first-order valence-corrected chi connectivity index (χ1v) is 8.09. The second-order valence-electron chi connectivity index (χ2n) is 4.88. The number of rotatable bonds is 6. The first-order chi connectivity index (χ1) is 11.0. The predicted octanol–water partition coefficient (Wildman–Crippen LogP) is 3.97. The van der Waals surface area contributed by atoms with Crippen molar-refractivity contribution in [3.05, 3.63) is 30.2 Å². The van der Waals surface area contributed by atoms with E-state index >= 15 is 0 Å². The molecule has 0 saturated heterocycles. The molecule has 23 heavy (non-hydrogen) atoms. The fraction of sp³-hybridized carbons (Fsp3) is 0.333. The van der Waals surface area contributed by atoms with Gasteiger partial charge in [-0.3, -0.25) is 0 Å². The van der Waals surface area contributed by atoms with Gasteiger partial charge in [0.05, 0.1) is 6.20 Å². The van der Waals surface area contributed by atoms with Crippen LogP contribution in [-0.4, -0.2) is 17.1 Å². The van der Waals surface area contributed by atoms with Crippen LogP contribution in [0.15, 0.2) is 24.4 Å². The van der Waals surface area contributed by atoms with E-state index in [-0.39, 0.29) is 17.8 Å². The normalized spacial score (nSPS) is 10.6. The first kappa shape index (κ1) is 17.0. The summed E-state index contributed by atoms with van der Waals surface area (Å²) in [5.41, 5.74) is 5.84. The molecule has 1 heterocycles. The minimum absolute atomic E-state index is 0.0413. The number of benzene rings is 1. The largest absolute Gasteiger partial charge is 0.442 e. The van der Waals surface area contributed by atoms with Gasteiger partial charge in [0.1, 0.15) is 0 Å². The van der Waals surface area contributed by atoms with Gasteiger partial charge >= 0.3 is 6.03 Å². The van der Waals surface area contributed by atoms with Crippen LogP contribution >= 0.6 is 11.3 Å². The predicted molar refractivity (Wildman–Crippen MR) is 89.5 cm³/mol. The molecule has 2 aromatic rings. The summed E-state index contributed by atoms with van der Waals surface area (Å²) in [5, 5.41) is 6.16. The summed E-state index contributed by atoms with van der Waals surface area (Å²) in [5.74, 6) is -0.545. The van der Waals surface area contributed by atoms with Gasteiger partial charge in [-0.2, -0.15) is 0 Å². The number of carbonyl (C=O) groups is 1. The molecule has 8 heteroatoms. The zero-order valence-corrected chi connectivity index (χ0v) is 13.7. The highest BCUT2D eigenvalue weighted by Gasteiger charge is 2.11. The third-order valence-electron chi connectivity index (χ3n) is 3.22. The number of hydrogen-bond donors (Lipinski definition) is 3. The van der Waals surface area contributed by atoms with E-state index in [0.29, 0.717) is 15.9 Å². The van der Waals surface area contributed by atoms with Crippen molar-refractivity contribution < 1.29 is 13.9 Å². The highest BCUT2D eigenvalue weighted by molar-refractivity contribution is 7.17. The molecule has 0 bridgehead atoms. The summed E-state index contributed by atoms with van der Waals surface area (Å²) < 4.78 is 19.4. The van der Waals surface area contributed by atoms with Crippen LogP contribution in [0, 0.1) is 5.82 Å². The Hall–Kier alpha value is -2.35. The monoisotopic (exact) mass is 338 g/mol. The van der Waals surface area contributed by atoms with Gasteiger partial charge in [0, 0.05) is 17.8 Å². The van der Waals surface area contributed by atoms with Crippen molar-refractivity contribution in [2.45, 2.75) is 32.7 Å².